The molecule has 1 aromatic heterocycles. The number of hydrogen-bond donors (Lipinski definition) is 0. The molecule has 0 aliphatic heterocycles. The highest BCUT2D eigenvalue weighted by molar-refractivity contribution is 5.92. The summed E-state index contributed by atoms with van der Waals surface area (Å²) < 4.78 is 39.8. The Bertz CT molecular complexity index is 777. The van der Waals surface area contributed by atoms with Crippen molar-refractivity contribution in [2.45, 2.75) is 26.5 Å². The molecule has 26 heavy (non-hydrogen) atoms. The number of methoxy groups -OCH3 is 1. The van der Waals surface area contributed by atoms with Gasteiger partial charge < -0.3 is 18.9 Å². The first-order valence-corrected chi connectivity index (χ1v) is 7.81. The van der Waals surface area contributed by atoms with Crippen LogP contribution in [0.3, 0.4) is 0 Å². The fourth-order valence-electron chi connectivity index (χ4n) is 2.11. The molecule has 0 N–H and O–H groups in total. The van der Waals surface area contributed by atoms with Gasteiger partial charge >= 0.3 is 6.61 Å². The maximum absolute atomic E-state index is 12.6. The van der Waals surface area contributed by atoms with E-state index >= 15 is 0 Å². The van der Waals surface area contributed by atoms with Crippen molar-refractivity contribution in [3.8, 4) is 11.5 Å². The van der Waals surface area contributed by atoms with Crippen molar-refractivity contribution in [3.63, 3.8) is 0 Å². The SMILES string of the molecule is CCc1noc(CN(C)C(=O)/C=C\c2cccc(OC)c2OC(F)F)n1. The number of aromatic nitrogens is 2. The number of alkyl halides is 2. The predicted octanol–water partition coefficient (Wildman–Crippen LogP) is 2.91. The minimum absolute atomic E-state index is 0.134. The molecule has 0 unspecified atom stereocenters. The summed E-state index contributed by atoms with van der Waals surface area (Å²) in [6.07, 6.45) is 3.25. The van der Waals surface area contributed by atoms with Crippen LogP contribution in [0, 0.1) is 0 Å². The van der Waals surface area contributed by atoms with Gasteiger partial charge in [0.2, 0.25) is 11.8 Å². The van der Waals surface area contributed by atoms with Gasteiger partial charge in [-0.15, -0.1) is 0 Å². The van der Waals surface area contributed by atoms with Crippen LogP contribution in [0.25, 0.3) is 6.08 Å². The second-order valence-corrected chi connectivity index (χ2v) is 5.24. The number of ether oxygens (including phenoxy) is 2. The lowest BCUT2D eigenvalue weighted by Gasteiger charge is -2.13. The molecule has 0 radical (unpaired) electrons. The fraction of sp³-hybridized carbons (Fsp3) is 0.353. The molecule has 1 amide bonds. The van der Waals surface area contributed by atoms with Crippen molar-refractivity contribution >= 4 is 12.0 Å². The smallest absolute Gasteiger partial charge is 0.387 e. The van der Waals surface area contributed by atoms with Crippen LogP contribution in [-0.2, 0) is 17.8 Å². The highest BCUT2D eigenvalue weighted by Crippen LogP contribution is 2.33. The van der Waals surface area contributed by atoms with Crippen LogP contribution in [0.2, 0.25) is 0 Å². The highest BCUT2D eigenvalue weighted by Gasteiger charge is 2.15. The van der Waals surface area contributed by atoms with Crippen molar-refractivity contribution in [2.24, 2.45) is 0 Å². The highest BCUT2D eigenvalue weighted by atomic mass is 19.3. The number of nitrogens with zero attached hydrogens (tertiary/aromatic N) is 3. The lowest BCUT2D eigenvalue weighted by atomic mass is 10.1. The number of halogens is 2. The summed E-state index contributed by atoms with van der Waals surface area (Å²) in [6, 6.07) is 4.63. The van der Waals surface area contributed by atoms with E-state index in [9.17, 15) is 13.6 Å². The number of rotatable bonds is 8. The van der Waals surface area contributed by atoms with E-state index in [1.807, 2.05) is 6.92 Å². The van der Waals surface area contributed by atoms with E-state index in [-0.39, 0.29) is 29.5 Å². The molecule has 0 spiro atoms. The Morgan fingerprint density at radius 2 is 2.19 bits per heavy atom. The van der Waals surface area contributed by atoms with E-state index in [4.69, 9.17) is 9.26 Å². The summed E-state index contributed by atoms with van der Waals surface area (Å²) in [5, 5.41) is 3.76. The molecule has 2 rings (SSSR count). The largest absolute Gasteiger partial charge is 0.493 e. The van der Waals surface area contributed by atoms with Crippen LogP contribution < -0.4 is 9.47 Å². The molecule has 1 heterocycles. The van der Waals surface area contributed by atoms with E-state index < -0.39 is 6.61 Å². The number of carbonyl (C=O) groups excluding carboxylic acids is 1. The normalized spacial score (nSPS) is 11.2. The van der Waals surface area contributed by atoms with Crippen molar-refractivity contribution in [1.82, 2.24) is 15.0 Å². The van der Waals surface area contributed by atoms with Crippen molar-refractivity contribution < 1.29 is 27.6 Å². The zero-order chi connectivity index (χ0) is 19.1. The number of carbonyl (C=O) groups is 1. The van der Waals surface area contributed by atoms with Gasteiger partial charge in [-0.2, -0.15) is 13.8 Å². The molecule has 0 bridgehead atoms. The Balaban J connectivity index is 2.11. The Labute approximate surface area is 149 Å². The van der Waals surface area contributed by atoms with Gasteiger partial charge in [0.25, 0.3) is 0 Å². The van der Waals surface area contributed by atoms with Gasteiger partial charge in [0, 0.05) is 25.1 Å². The first-order chi connectivity index (χ1) is 12.4. The average molecular weight is 367 g/mol. The molecule has 1 aromatic carbocycles. The predicted molar refractivity (Wildman–Crippen MR) is 88.8 cm³/mol. The topological polar surface area (TPSA) is 77.7 Å². The second-order valence-electron chi connectivity index (χ2n) is 5.24. The van der Waals surface area contributed by atoms with Crippen LogP contribution in [-0.4, -0.2) is 41.7 Å². The van der Waals surface area contributed by atoms with Gasteiger partial charge in [0.15, 0.2) is 17.3 Å². The Kier molecular flexibility index (Phi) is 6.65. The monoisotopic (exact) mass is 367 g/mol. The number of para-hydroxylation sites is 1. The quantitative estimate of drug-likeness (QED) is 0.668. The van der Waals surface area contributed by atoms with Gasteiger partial charge in [-0.05, 0) is 12.1 Å². The van der Waals surface area contributed by atoms with E-state index in [0.29, 0.717) is 18.1 Å². The average Bonchev–Trinajstić information content (AvgIpc) is 3.07. The van der Waals surface area contributed by atoms with Crippen molar-refractivity contribution in [3.05, 3.63) is 41.6 Å². The van der Waals surface area contributed by atoms with E-state index in [0.717, 1.165) is 0 Å². The van der Waals surface area contributed by atoms with Crippen LogP contribution in [0.15, 0.2) is 28.8 Å². The van der Waals surface area contributed by atoms with Crippen LogP contribution in [0.5, 0.6) is 11.5 Å². The van der Waals surface area contributed by atoms with Crippen molar-refractivity contribution in [1.29, 1.82) is 0 Å². The third-order valence-electron chi connectivity index (χ3n) is 3.42. The number of likely N-dealkylation sites (N-methyl/N-ethyl adjacent to an activating group) is 1. The minimum Gasteiger partial charge on any atom is -0.493 e. The number of hydrogen-bond acceptors (Lipinski definition) is 6. The summed E-state index contributed by atoms with van der Waals surface area (Å²) in [5.41, 5.74) is 0.289. The molecule has 0 atom stereocenters. The molecule has 9 heteroatoms. The standard InChI is InChI=1S/C17H19F2N3O4/c1-4-13-20-14(26-21-13)10-22(2)15(23)9-8-11-6-5-7-12(24-3)16(11)25-17(18)19/h5-9,17H,4,10H2,1-3H3/b9-8-. The summed E-state index contributed by atoms with van der Waals surface area (Å²) in [6.45, 7) is -0.990. The van der Waals surface area contributed by atoms with Crippen molar-refractivity contribution in [2.75, 3.05) is 14.2 Å². The molecule has 2 aromatic rings. The molecule has 0 aliphatic rings. The molecule has 0 aliphatic carbocycles. The molecule has 7 nitrogen and oxygen atoms in total. The molecular weight excluding hydrogens is 348 g/mol. The van der Waals surface area contributed by atoms with Crippen LogP contribution in [0.1, 0.15) is 24.2 Å². The van der Waals surface area contributed by atoms with E-state index in [1.165, 1.54) is 36.3 Å². The molecule has 0 saturated heterocycles. The zero-order valence-corrected chi connectivity index (χ0v) is 14.6. The van der Waals surface area contributed by atoms with Gasteiger partial charge in [0.05, 0.1) is 13.7 Å². The summed E-state index contributed by atoms with van der Waals surface area (Å²) in [5.74, 6) is 0.509. The first-order valence-electron chi connectivity index (χ1n) is 7.81. The third kappa shape index (κ3) is 5.01. The van der Waals surface area contributed by atoms with Gasteiger partial charge in [-0.25, -0.2) is 0 Å². The molecular formula is C17H19F2N3O4. The van der Waals surface area contributed by atoms with Gasteiger partial charge in [0.1, 0.15) is 0 Å². The lowest BCUT2D eigenvalue weighted by Crippen LogP contribution is -2.24. The number of amides is 1. The summed E-state index contributed by atoms with van der Waals surface area (Å²) in [7, 11) is 2.90. The third-order valence-corrected chi connectivity index (χ3v) is 3.42. The molecule has 140 valence electrons. The first kappa shape index (κ1) is 19.4. The Morgan fingerprint density at radius 3 is 2.81 bits per heavy atom. The maximum atomic E-state index is 12.6. The number of benzene rings is 1. The van der Waals surface area contributed by atoms with Gasteiger partial charge in [-0.1, -0.05) is 24.2 Å². The van der Waals surface area contributed by atoms with Gasteiger partial charge in [-0.3, -0.25) is 4.79 Å². The van der Waals surface area contributed by atoms with Crippen LogP contribution in [0.4, 0.5) is 8.78 Å². The second kappa shape index (κ2) is 8.93. The summed E-state index contributed by atoms with van der Waals surface area (Å²) >= 11 is 0. The maximum Gasteiger partial charge on any atom is 0.387 e. The van der Waals surface area contributed by atoms with E-state index in [1.54, 1.807) is 13.1 Å². The van der Waals surface area contributed by atoms with E-state index in [2.05, 4.69) is 14.9 Å². The fourth-order valence-corrected chi connectivity index (χ4v) is 2.11. The Morgan fingerprint density at radius 1 is 1.42 bits per heavy atom. The summed E-state index contributed by atoms with van der Waals surface area (Å²) in [4.78, 5) is 17.7. The zero-order valence-electron chi connectivity index (χ0n) is 14.6. The molecule has 0 saturated carbocycles. The minimum atomic E-state index is -3.01. The van der Waals surface area contributed by atoms with Crippen LogP contribution >= 0.6 is 0 Å². The number of aryl methyl sites for hydroxylation is 1. The molecule has 0 fully saturated rings. The Hall–Kier alpha value is -2.97. The lowest BCUT2D eigenvalue weighted by molar-refractivity contribution is -0.125.